The zero-order chi connectivity index (χ0) is 13.7. The Morgan fingerprint density at radius 3 is 3.11 bits per heavy atom. The number of aromatic nitrogens is 1. The summed E-state index contributed by atoms with van der Waals surface area (Å²) in [5, 5.41) is 12.4. The minimum absolute atomic E-state index is 0.0848. The Morgan fingerprint density at radius 2 is 2.47 bits per heavy atom. The molecule has 2 N–H and O–H groups in total. The molecule has 0 saturated heterocycles. The van der Waals surface area contributed by atoms with Crippen LogP contribution in [0.3, 0.4) is 0 Å². The predicted molar refractivity (Wildman–Crippen MR) is 71.8 cm³/mol. The standard InChI is InChI=1S/C13H16N2O3S/c1-9-12(19-8-15-9)4-5-13(17)14-7-10(16)11-3-2-6-18-11/h2-3,6,8,10,16H,4-5,7H2,1H3,(H,14,17)/t10-/m1/s1. The number of aliphatic hydroxyl groups excluding tert-OH is 1. The van der Waals surface area contributed by atoms with Crippen molar-refractivity contribution in [2.75, 3.05) is 6.54 Å². The van der Waals surface area contributed by atoms with Gasteiger partial charge in [0, 0.05) is 11.3 Å². The highest BCUT2D eigenvalue weighted by atomic mass is 32.1. The fourth-order valence-electron chi connectivity index (χ4n) is 1.67. The van der Waals surface area contributed by atoms with Crippen LogP contribution in [0, 0.1) is 6.92 Å². The topological polar surface area (TPSA) is 75.4 Å². The van der Waals surface area contributed by atoms with Crippen LogP contribution < -0.4 is 5.32 Å². The van der Waals surface area contributed by atoms with Gasteiger partial charge >= 0.3 is 0 Å². The first-order chi connectivity index (χ1) is 9.16. The molecule has 19 heavy (non-hydrogen) atoms. The van der Waals surface area contributed by atoms with E-state index < -0.39 is 6.10 Å². The van der Waals surface area contributed by atoms with Gasteiger partial charge in [0.1, 0.15) is 11.9 Å². The molecule has 2 rings (SSSR count). The maximum atomic E-state index is 11.7. The summed E-state index contributed by atoms with van der Waals surface area (Å²) in [5.74, 6) is 0.372. The number of carbonyl (C=O) groups excluding carboxylic acids is 1. The molecule has 1 amide bonds. The molecule has 0 aliphatic rings. The van der Waals surface area contributed by atoms with Gasteiger partial charge in [0.25, 0.3) is 0 Å². The number of hydrogen-bond donors (Lipinski definition) is 2. The fourth-order valence-corrected chi connectivity index (χ4v) is 2.45. The van der Waals surface area contributed by atoms with Crippen molar-refractivity contribution in [3.05, 3.63) is 40.2 Å². The van der Waals surface area contributed by atoms with Crippen LogP contribution in [0.2, 0.25) is 0 Å². The van der Waals surface area contributed by atoms with Gasteiger partial charge < -0.3 is 14.8 Å². The molecule has 0 radical (unpaired) electrons. The van der Waals surface area contributed by atoms with E-state index >= 15 is 0 Å². The predicted octanol–water partition coefficient (Wildman–Crippen LogP) is 1.83. The first-order valence-corrected chi connectivity index (χ1v) is 6.92. The normalized spacial score (nSPS) is 12.3. The molecule has 0 unspecified atom stereocenters. The van der Waals surface area contributed by atoms with Crippen molar-refractivity contribution in [3.63, 3.8) is 0 Å². The molecule has 0 aromatic carbocycles. The number of amides is 1. The van der Waals surface area contributed by atoms with Crippen LogP contribution in [0.15, 0.2) is 28.3 Å². The Labute approximate surface area is 115 Å². The Balaban J connectivity index is 1.72. The van der Waals surface area contributed by atoms with Crippen LogP contribution in [-0.4, -0.2) is 22.5 Å². The summed E-state index contributed by atoms with van der Waals surface area (Å²) >= 11 is 1.56. The molecule has 2 aromatic rings. The maximum Gasteiger partial charge on any atom is 0.220 e. The van der Waals surface area contributed by atoms with Crippen molar-refractivity contribution < 1.29 is 14.3 Å². The highest BCUT2D eigenvalue weighted by Crippen LogP contribution is 2.14. The molecule has 0 aliphatic carbocycles. The van der Waals surface area contributed by atoms with E-state index in [2.05, 4.69) is 10.3 Å². The first kappa shape index (κ1) is 13.8. The summed E-state index contributed by atoms with van der Waals surface area (Å²) in [4.78, 5) is 16.9. The number of nitrogens with zero attached hydrogens (tertiary/aromatic N) is 1. The number of rotatable bonds is 6. The van der Waals surface area contributed by atoms with E-state index in [9.17, 15) is 9.90 Å². The third kappa shape index (κ3) is 3.90. The number of thiazole rings is 1. The summed E-state index contributed by atoms with van der Waals surface area (Å²) < 4.78 is 5.05. The Bertz CT molecular complexity index is 522. The lowest BCUT2D eigenvalue weighted by atomic mass is 10.2. The first-order valence-electron chi connectivity index (χ1n) is 6.04. The van der Waals surface area contributed by atoms with Gasteiger partial charge in [-0.15, -0.1) is 11.3 Å². The lowest BCUT2D eigenvalue weighted by Crippen LogP contribution is -2.28. The van der Waals surface area contributed by atoms with E-state index in [1.807, 2.05) is 6.92 Å². The zero-order valence-corrected chi connectivity index (χ0v) is 11.4. The van der Waals surface area contributed by atoms with Gasteiger partial charge in [-0.2, -0.15) is 0 Å². The van der Waals surface area contributed by atoms with Gasteiger partial charge in [-0.25, -0.2) is 4.98 Å². The third-order valence-electron chi connectivity index (χ3n) is 2.79. The average molecular weight is 280 g/mol. The van der Waals surface area contributed by atoms with Crippen LogP contribution >= 0.6 is 11.3 Å². The van der Waals surface area contributed by atoms with Gasteiger partial charge in [0.2, 0.25) is 5.91 Å². The van der Waals surface area contributed by atoms with Gasteiger partial charge in [-0.3, -0.25) is 4.79 Å². The number of aryl methyl sites for hydroxylation is 2. The Morgan fingerprint density at radius 1 is 1.63 bits per heavy atom. The molecular weight excluding hydrogens is 264 g/mol. The molecule has 6 heteroatoms. The van der Waals surface area contributed by atoms with E-state index in [1.165, 1.54) is 6.26 Å². The molecule has 102 valence electrons. The van der Waals surface area contributed by atoms with E-state index in [0.29, 0.717) is 18.6 Å². The third-order valence-corrected chi connectivity index (χ3v) is 3.78. The van der Waals surface area contributed by atoms with E-state index in [0.717, 1.165) is 10.6 Å². The fraction of sp³-hybridized carbons (Fsp3) is 0.385. The van der Waals surface area contributed by atoms with Crippen LogP contribution in [0.1, 0.15) is 28.9 Å². The number of hydrogen-bond acceptors (Lipinski definition) is 5. The lowest BCUT2D eigenvalue weighted by Gasteiger charge is -2.09. The number of aliphatic hydroxyl groups is 1. The highest BCUT2D eigenvalue weighted by molar-refractivity contribution is 7.09. The quantitative estimate of drug-likeness (QED) is 0.846. The monoisotopic (exact) mass is 280 g/mol. The summed E-state index contributed by atoms with van der Waals surface area (Å²) in [7, 11) is 0. The largest absolute Gasteiger partial charge is 0.467 e. The maximum absolute atomic E-state index is 11.7. The van der Waals surface area contributed by atoms with Crippen LogP contribution in [-0.2, 0) is 11.2 Å². The van der Waals surface area contributed by atoms with Crippen molar-refractivity contribution >= 4 is 17.2 Å². The van der Waals surface area contributed by atoms with Gasteiger partial charge in [0.15, 0.2) is 0 Å². The minimum atomic E-state index is -0.802. The van der Waals surface area contributed by atoms with Crippen molar-refractivity contribution in [1.29, 1.82) is 0 Å². The number of furan rings is 1. The lowest BCUT2D eigenvalue weighted by molar-refractivity contribution is -0.121. The number of nitrogens with one attached hydrogen (secondary N) is 1. The van der Waals surface area contributed by atoms with Crippen LogP contribution in [0.25, 0.3) is 0 Å². The molecule has 0 spiro atoms. The SMILES string of the molecule is Cc1ncsc1CCC(=O)NC[C@@H](O)c1ccco1. The molecule has 5 nitrogen and oxygen atoms in total. The zero-order valence-electron chi connectivity index (χ0n) is 10.6. The number of carbonyl (C=O) groups is 1. The molecule has 0 aliphatic heterocycles. The molecule has 1 atom stereocenters. The summed E-state index contributed by atoms with van der Waals surface area (Å²) in [6.45, 7) is 2.10. The van der Waals surface area contributed by atoms with Crippen molar-refractivity contribution in [2.24, 2.45) is 0 Å². The van der Waals surface area contributed by atoms with Crippen LogP contribution in [0.5, 0.6) is 0 Å². The smallest absolute Gasteiger partial charge is 0.220 e. The molecule has 2 heterocycles. The minimum Gasteiger partial charge on any atom is -0.467 e. The van der Waals surface area contributed by atoms with Crippen molar-refractivity contribution in [3.8, 4) is 0 Å². The second-order valence-electron chi connectivity index (χ2n) is 4.20. The Hall–Kier alpha value is -1.66. The molecule has 0 saturated carbocycles. The second-order valence-corrected chi connectivity index (χ2v) is 5.14. The Kier molecular flexibility index (Phi) is 4.70. The summed E-state index contributed by atoms with van der Waals surface area (Å²) in [5.41, 5.74) is 2.76. The van der Waals surface area contributed by atoms with E-state index in [4.69, 9.17) is 4.42 Å². The van der Waals surface area contributed by atoms with Gasteiger partial charge in [-0.05, 0) is 25.5 Å². The summed E-state index contributed by atoms with van der Waals surface area (Å²) in [6, 6.07) is 3.38. The highest BCUT2D eigenvalue weighted by Gasteiger charge is 2.12. The molecular formula is C13H16N2O3S. The van der Waals surface area contributed by atoms with E-state index in [-0.39, 0.29) is 12.5 Å². The second kappa shape index (κ2) is 6.49. The van der Waals surface area contributed by atoms with Gasteiger partial charge in [0.05, 0.1) is 24.0 Å². The molecule has 2 aromatic heterocycles. The van der Waals surface area contributed by atoms with Crippen molar-refractivity contribution in [1.82, 2.24) is 10.3 Å². The van der Waals surface area contributed by atoms with Gasteiger partial charge in [-0.1, -0.05) is 0 Å². The molecule has 0 bridgehead atoms. The van der Waals surface area contributed by atoms with E-state index in [1.54, 1.807) is 29.0 Å². The van der Waals surface area contributed by atoms with Crippen LogP contribution in [0.4, 0.5) is 0 Å². The summed E-state index contributed by atoms with van der Waals surface area (Å²) in [6.07, 6.45) is 1.77. The average Bonchev–Trinajstić information content (AvgIpc) is 3.05. The van der Waals surface area contributed by atoms with Crippen molar-refractivity contribution in [2.45, 2.75) is 25.9 Å². The molecule has 0 fully saturated rings.